The fourth-order valence-corrected chi connectivity index (χ4v) is 6.03. The van der Waals surface area contributed by atoms with Gasteiger partial charge in [-0.3, -0.25) is 9.59 Å². The van der Waals surface area contributed by atoms with Crippen LogP contribution in [0.4, 0.5) is 4.39 Å². The van der Waals surface area contributed by atoms with Crippen LogP contribution in [0.1, 0.15) is 64.8 Å². The van der Waals surface area contributed by atoms with Crippen molar-refractivity contribution < 1.29 is 23.8 Å². The van der Waals surface area contributed by atoms with Crippen LogP contribution in [0.5, 0.6) is 11.6 Å². The molecule has 2 amide bonds. The summed E-state index contributed by atoms with van der Waals surface area (Å²) in [7, 11) is 0. The second-order valence-electron chi connectivity index (χ2n) is 12.2. The highest BCUT2D eigenvalue weighted by Crippen LogP contribution is 2.29. The quantitative estimate of drug-likeness (QED) is 0.120. The summed E-state index contributed by atoms with van der Waals surface area (Å²) in [4.78, 5) is 34.6. The summed E-state index contributed by atoms with van der Waals surface area (Å²) in [5.74, 6) is -0.851. The Hall–Kier alpha value is -5.20. The number of hydrogen-bond acceptors (Lipinski definition) is 8. The molecule has 3 heterocycles. The maximum absolute atomic E-state index is 14.3. The van der Waals surface area contributed by atoms with Crippen LogP contribution >= 0.6 is 0 Å². The molecule has 1 saturated carbocycles. The van der Waals surface area contributed by atoms with Crippen molar-refractivity contribution in [2.45, 2.75) is 57.0 Å². The monoisotopic (exact) mass is 665 g/mol. The number of ether oxygens (including phenoxy) is 1. The van der Waals surface area contributed by atoms with Gasteiger partial charge in [0, 0.05) is 31.1 Å². The molecule has 12 heteroatoms. The second kappa shape index (κ2) is 16.3. The van der Waals surface area contributed by atoms with E-state index < -0.39 is 11.7 Å². The van der Waals surface area contributed by atoms with Gasteiger partial charge in [0.1, 0.15) is 22.7 Å². The van der Waals surface area contributed by atoms with Crippen LogP contribution in [0.15, 0.2) is 85.5 Å². The van der Waals surface area contributed by atoms with Crippen molar-refractivity contribution in [3.63, 3.8) is 0 Å². The number of rotatable bonds is 14. The van der Waals surface area contributed by atoms with E-state index in [0.29, 0.717) is 42.6 Å². The highest BCUT2D eigenvalue weighted by Gasteiger charge is 2.27. The van der Waals surface area contributed by atoms with E-state index in [4.69, 9.17) is 9.84 Å². The third-order valence-electron chi connectivity index (χ3n) is 8.65. The zero-order valence-electron chi connectivity index (χ0n) is 27.1. The average Bonchev–Trinajstić information content (AvgIpc) is 3.56. The maximum atomic E-state index is 14.3. The summed E-state index contributed by atoms with van der Waals surface area (Å²) in [5, 5.41) is 22.5. The van der Waals surface area contributed by atoms with E-state index in [1.54, 1.807) is 29.0 Å². The fourth-order valence-electron chi connectivity index (χ4n) is 6.03. The van der Waals surface area contributed by atoms with Gasteiger partial charge in [0.25, 0.3) is 11.8 Å². The van der Waals surface area contributed by atoms with Gasteiger partial charge >= 0.3 is 0 Å². The molecule has 3 aromatic heterocycles. The van der Waals surface area contributed by atoms with Crippen LogP contribution in [0, 0.1) is 5.82 Å². The van der Waals surface area contributed by atoms with Crippen molar-refractivity contribution in [2.75, 3.05) is 19.7 Å². The number of amides is 2. The number of aromatic nitrogens is 4. The van der Waals surface area contributed by atoms with Gasteiger partial charge in [-0.05, 0) is 99.0 Å². The number of benzene rings is 2. The van der Waals surface area contributed by atoms with E-state index in [-0.39, 0.29) is 36.0 Å². The Labute approximate surface area is 283 Å². The number of pyridine rings is 1. The lowest BCUT2D eigenvalue weighted by Crippen LogP contribution is -2.43. The average molecular weight is 666 g/mol. The molecule has 5 aromatic rings. The molecule has 11 nitrogen and oxygen atoms in total. The number of aliphatic hydroxyl groups excluding tert-OH is 1. The molecule has 1 fully saturated rings. The lowest BCUT2D eigenvalue weighted by Gasteiger charge is -2.29. The Balaban J connectivity index is 1.03. The Morgan fingerprint density at radius 1 is 0.857 bits per heavy atom. The van der Waals surface area contributed by atoms with Crippen molar-refractivity contribution in [1.29, 1.82) is 0 Å². The molecule has 0 atom stereocenters. The Bertz CT molecular complexity index is 1870. The number of hydrogen-bond donors (Lipinski definition) is 4. The Morgan fingerprint density at radius 2 is 1.59 bits per heavy atom. The molecule has 0 saturated heterocycles. The largest absolute Gasteiger partial charge is 0.438 e. The second-order valence-corrected chi connectivity index (χ2v) is 12.2. The fraction of sp³-hybridized carbons (Fsp3) is 0.324. The van der Waals surface area contributed by atoms with Crippen LogP contribution < -0.4 is 20.7 Å². The van der Waals surface area contributed by atoms with Gasteiger partial charge in [0.05, 0.1) is 12.4 Å². The van der Waals surface area contributed by atoms with E-state index in [0.717, 1.165) is 55.7 Å². The molecule has 1 aliphatic rings. The topological polar surface area (TPSA) is 143 Å². The molecule has 0 bridgehead atoms. The number of aliphatic hydroxyl groups is 1. The third kappa shape index (κ3) is 8.84. The number of fused-ring (bicyclic) bond motifs is 1. The minimum atomic E-state index is -0.638. The van der Waals surface area contributed by atoms with Gasteiger partial charge in [-0.25, -0.2) is 18.9 Å². The van der Waals surface area contributed by atoms with Crippen molar-refractivity contribution in [3.05, 3.63) is 108 Å². The lowest BCUT2D eigenvalue weighted by atomic mass is 9.91. The molecule has 0 radical (unpaired) electrons. The Kier molecular flexibility index (Phi) is 11.2. The van der Waals surface area contributed by atoms with Crippen LogP contribution in [0.2, 0.25) is 0 Å². The number of halogens is 1. The first kappa shape index (κ1) is 33.7. The van der Waals surface area contributed by atoms with E-state index in [1.165, 1.54) is 11.8 Å². The first-order chi connectivity index (χ1) is 24.0. The molecule has 0 unspecified atom stereocenters. The van der Waals surface area contributed by atoms with Gasteiger partial charge in [-0.2, -0.15) is 5.10 Å². The molecular formula is C37H40FN7O4. The first-order valence-corrected chi connectivity index (χ1v) is 16.7. The minimum Gasteiger partial charge on any atom is -0.438 e. The predicted octanol–water partition coefficient (Wildman–Crippen LogP) is 5.10. The number of nitrogens with one attached hydrogen (secondary N) is 3. The zero-order valence-corrected chi connectivity index (χ0v) is 27.1. The molecule has 0 aliphatic heterocycles. The van der Waals surface area contributed by atoms with Crippen LogP contribution in [-0.4, -0.2) is 68.3 Å². The van der Waals surface area contributed by atoms with E-state index in [9.17, 15) is 14.0 Å². The molecular weight excluding hydrogens is 625 g/mol. The molecule has 6 rings (SSSR count). The number of aryl methyl sites for hydroxylation is 1. The first-order valence-electron chi connectivity index (χ1n) is 16.7. The molecule has 1 aliphatic carbocycles. The standard InChI is InChI=1S/C37H40FN7O4/c38-28-22-32(35(47)43-29-12-14-30(15-13-29)44-36(48)33-24-42-45-19-3-18-40-34(33)45)37(41-23-28)49-31-7-1-6-27(21-31)26-10-8-25(9-11-26)5-2-16-39-17-4-20-46/h1,3,6-11,18-19,21-24,29-30,39,46H,2,4-5,12-17,20H2,(H,43,47)(H,44,48). The van der Waals surface area contributed by atoms with Gasteiger partial charge in [0.2, 0.25) is 5.88 Å². The van der Waals surface area contributed by atoms with Crippen LogP contribution in [-0.2, 0) is 6.42 Å². The lowest BCUT2D eigenvalue weighted by molar-refractivity contribution is 0.0890. The van der Waals surface area contributed by atoms with Gasteiger partial charge in [-0.1, -0.05) is 36.4 Å². The normalized spacial score (nSPS) is 16.0. The summed E-state index contributed by atoms with van der Waals surface area (Å²) in [6.07, 6.45) is 11.3. The number of carbonyl (C=O) groups excluding carboxylic acids is 2. The molecule has 2 aromatic carbocycles. The van der Waals surface area contributed by atoms with Gasteiger partial charge in [-0.15, -0.1) is 0 Å². The summed E-state index contributed by atoms with van der Waals surface area (Å²) in [6, 6.07) is 18.5. The number of carbonyl (C=O) groups is 2. The van der Waals surface area contributed by atoms with Crippen LogP contribution in [0.25, 0.3) is 16.8 Å². The summed E-state index contributed by atoms with van der Waals surface area (Å²) >= 11 is 0. The highest BCUT2D eigenvalue weighted by atomic mass is 19.1. The summed E-state index contributed by atoms with van der Waals surface area (Å²) < 4.78 is 21.9. The smallest absolute Gasteiger partial charge is 0.257 e. The van der Waals surface area contributed by atoms with E-state index in [2.05, 4.69) is 55.3 Å². The minimum absolute atomic E-state index is 0.0108. The molecule has 49 heavy (non-hydrogen) atoms. The van der Waals surface area contributed by atoms with Crippen molar-refractivity contribution >= 4 is 17.5 Å². The van der Waals surface area contributed by atoms with Crippen molar-refractivity contribution in [2.24, 2.45) is 0 Å². The van der Waals surface area contributed by atoms with Crippen molar-refractivity contribution in [3.8, 4) is 22.8 Å². The van der Waals surface area contributed by atoms with E-state index >= 15 is 0 Å². The maximum Gasteiger partial charge on any atom is 0.257 e. The third-order valence-corrected chi connectivity index (χ3v) is 8.65. The summed E-state index contributed by atoms with van der Waals surface area (Å²) in [6.45, 7) is 1.93. The van der Waals surface area contributed by atoms with Crippen LogP contribution in [0.3, 0.4) is 0 Å². The molecule has 254 valence electrons. The Morgan fingerprint density at radius 3 is 2.35 bits per heavy atom. The zero-order chi connectivity index (χ0) is 34.0. The SMILES string of the molecule is O=C(NC1CCC(NC(=O)c2cnn3cccnc23)CC1)c1cc(F)cnc1Oc1cccc(-c2ccc(CCCNCCCO)cc2)c1. The molecule has 4 N–H and O–H groups in total. The highest BCUT2D eigenvalue weighted by molar-refractivity contribution is 5.99. The van der Waals surface area contributed by atoms with E-state index in [1.807, 2.05) is 18.2 Å². The number of nitrogens with zero attached hydrogens (tertiary/aromatic N) is 4. The van der Waals surface area contributed by atoms with Gasteiger partial charge in [0.15, 0.2) is 5.65 Å². The van der Waals surface area contributed by atoms with Crippen molar-refractivity contribution in [1.82, 2.24) is 35.5 Å². The summed E-state index contributed by atoms with van der Waals surface area (Å²) in [5.41, 5.74) is 4.11. The molecule has 0 spiro atoms. The predicted molar refractivity (Wildman–Crippen MR) is 183 cm³/mol. The van der Waals surface area contributed by atoms with Gasteiger partial charge < -0.3 is 25.8 Å².